The van der Waals surface area contributed by atoms with Crippen LogP contribution in [0.4, 0.5) is 5.82 Å². The second-order valence-electron chi connectivity index (χ2n) is 6.92. The van der Waals surface area contributed by atoms with Crippen molar-refractivity contribution in [1.82, 2.24) is 19.6 Å². The molecule has 1 aromatic heterocycles. The number of hydrogen-bond acceptors (Lipinski definition) is 5. The van der Waals surface area contributed by atoms with Crippen molar-refractivity contribution in [2.45, 2.75) is 45.3 Å². The zero-order chi connectivity index (χ0) is 16.9. The number of carbonyl (C=O) groups excluding carboxylic acids is 1. The SMILES string of the molecule is Cc1cc(N)n(CC(=O)N2CCCOC(CN3CCCCC3)C2)n1. The summed E-state index contributed by atoms with van der Waals surface area (Å²) >= 11 is 0. The van der Waals surface area contributed by atoms with Crippen LogP contribution in [0, 0.1) is 6.92 Å². The van der Waals surface area contributed by atoms with Crippen molar-refractivity contribution in [3.8, 4) is 0 Å². The fourth-order valence-corrected chi connectivity index (χ4v) is 3.58. The Morgan fingerprint density at radius 2 is 2.08 bits per heavy atom. The number of anilines is 1. The maximum absolute atomic E-state index is 12.7. The molecule has 7 nitrogen and oxygen atoms in total. The fraction of sp³-hybridized carbons (Fsp3) is 0.765. The first-order chi connectivity index (χ1) is 11.6. The quantitative estimate of drug-likeness (QED) is 0.884. The van der Waals surface area contributed by atoms with Crippen molar-refractivity contribution in [2.24, 2.45) is 0 Å². The van der Waals surface area contributed by atoms with E-state index in [-0.39, 0.29) is 18.6 Å². The van der Waals surface area contributed by atoms with Crippen LogP contribution in [0.1, 0.15) is 31.4 Å². The molecule has 2 fully saturated rings. The molecule has 134 valence electrons. The summed E-state index contributed by atoms with van der Waals surface area (Å²) in [6.07, 6.45) is 4.86. The third kappa shape index (κ3) is 4.48. The largest absolute Gasteiger partial charge is 0.384 e. The summed E-state index contributed by atoms with van der Waals surface area (Å²) in [5.74, 6) is 0.607. The molecule has 2 aliphatic heterocycles. The number of aromatic nitrogens is 2. The van der Waals surface area contributed by atoms with Crippen LogP contribution >= 0.6 is 0 Å². The van der Waals surface area contributed by atoms with Crippen LogP contribution < -0.4 is 5.73 Å². The minimum absolute atomic E-state index is 0.0685. The van der Waals surface area contributed by atoms with Crippen LogP contribution in [-0.2, 0) is 16.1 Å². The summed E-state index contributed by atoms with van der Waals surface area (Å²) in [4.78, 5) is 17.0. The molecule has 2 saturated heterocycles. The Labute approximate surface area is 143 Å². The smallest absolute Gasteiger partial charge is 0.244 e. The first-order valence-corrected chi connectivity index (χ1v) is 9.03. The second kappa shape index (κ2) is 7.98. The molecule has 1 atom stereocenters. The van der Waals surface area contributed by atoms with E-state index in [1.54, 1.807) is 10.7 Å². The number of rotatable bonds is 4. The van der Waals surface area contributed by atoms with Gasteiger partial charge >= 0.3 is 0 Å². The summed E-state index contributed by atoms with van der Waals surface area (Å²) in [5.41, 5.74) is 6.74. The number of nitrogens with zero attached hydrogens (tertiary/aromatic N) is 4. The average Bonchev–Trinajstić information content (AvgIpc) is 2.76. The monoisotopic (exact) mass is 335 g/mol. The lowest BCUT2D eigenvalue weighted by Crippen LogP contribution is -2.44. The first kappa shape index (κ1) is 17.2. The van der Waals surface area contributed by atoms with E-state index in [2.05, 4.69) is 10.00 Å². The van der Waals surface area contributed by atoms with E-state index in [0.29, 0.717) is 12.4 Å². The molecule has 3 heterocycles. The van der Waals surface area contributed by atoms with Gasteiger partial charge in [0.15, 0.2) is 0 Å². The highest BCUT2D eigenvalue weighted by molar-refractivity contribution is 5.76. The predicted molar refractivity (Wildman–Crippen MR) is 92.6 cm³/mol. The standard InChI is InChI=1S/C17H29N5O2/c1-14-10-16(18)22(19-14)13-17(23)21-8-5-9-24-15(12-21)11-20-6-3-2-4-7-20/h10,15H,2-9,11-13,18H2,1H3. The molecule has 2 N–H and O–H groups in total. The average molecular weight is 335 g/mol. The van der Waals surface area contributed by atoms with Gasteiger partial charge in [0.2, 0.25) is 5.91 Å². The van der Waals surface area contributed by atoms with Crippen LogP contribution in [0.2, 0.25) is 0 Å². The molecule has 7 heteroatoms. The molecule has 0 spiro atoms. The zero-order valence-electron chi connectivity index (χ0n) is 14.6. The third-order valence-corrected chi connectivity index (χ3v) is 4.83. The molecule has 3 rings (SSSR count). The number of nitrogens with two attached hydrogens (primary N) is 1. The maximum atomic E-state index is 12.7. The highest BCUT2D eigenvalue weighted by atomic mass is 16.5. The molecular weight excluding hydrogens is 306 g/mol. The summed E-state index contributed by atoms with van der Waals surface area (Å²) in [5, 5.41) is 4.29. The molecule has 0 aromatic carbocycles. The van der Waals surface area contributed by atoms with Crippen LogP contribution in [0.5, 0.6) is 0 Å². The van der Waals surface area contributed by atoms with E-state index in [1.165, 1.54) is 19.3 Å². The van der Waals surface area contributed by atoms with E-state index in [4.69, 9.17) is 10.5 Å². The van der Waals surface area contributed by atoms with E-state index in [9.17, 15) is 4.79 Å². The molecular formula is C17H29N5O2. The summed E-state index contributed by atoms with van der Waals surface area (Å²) < 4.78 is 7.57. The van der Waals surface area contributed by atoms with E-state index in [0.717, 1.165) is 44.9 Å². The normalized spacial score (nSPS) is 23.2. The number of piperidine rings is 1. The fourth-order valence-electron chi connectivity index (χ4n) is 3.58. The maximum Gasteiger partial charge on any atom is 0.244 e. The van der Waals surface area contributed by atoms with Crippen LogP contribution in [0.25, 0.3) is 0 Å². The highest BCUT2D eigenvalue weighted by Crippen LogP contribution is 2.14. The Kier molecular flexibility index (Phi) is 5.73. The highest BCUT2D eigenvalue weighted by Gasteiger charge is 2.25. The molecule has 1 amide bonds. The Morgan fingerprint density at radius 3 is 2.79 bits per heavy atom. The summed E-state index contributed by atoms with van der Waals surface area (Å²) in [7, 11) is 0. The molecule has 0 bridgehead atoms. The summed E-state index contributed by atoms with van der Waals surface area (Å²) in [6.45, 7) is 7.44. The molecule has 0 radical (unpaired) electrons. The van der Waals surface area contributed by atoms with Gasteiger partial charge in [-0.1, -0.05) is 6.42 Å². The van der Waals surface area contributed by atoms with Gasteiger partial charge in [-0.2, -0.15) is 5.10 Å². The number of hydrogen-bond donors (Lipinski definition) is 1. The number of ether oxygens (including phenoxy) is 1. The summed E-state index contributed by atoms with van der Waals surface area (Å²) in [6, 6.07) is 1.79. The van der Waals surface area contributed by atoms with Crippen molar-refractivity contribution >= 4 is 11.7 Å². The van der Waals surface area contributed by atoms with Gasteiger partial charge in [0.1, 0.15) is 12.4 Å². The number of nitrogen functional groups attached to an aromatic ring is 1. The van der Waals surface area contributed by atoms with Gasteiger partial charge in [-0.05, 0) is 39.3 Å². The zero-order valence-corrected chi connectivity index (χ0v) is 14.6. The Bertz CT molecular complexity index is 553. The number of carbonyl (C=O) groups is 1. The van der Waals surface area contributed by atoms with Gasteiger partial charge in [0.05, 0.1) is 11.8 Å². The van der Waals surface area contributed by atoms with Gasteiger partial charge in [-0.15, -0.1) is 0 Å². The van der Waals surface area contributed by atoms with Crippen molar-refractivity contribution in [1.29, 1.82) is 0 Å². The number of likely N-dealkylation sites (tertiary alicyclic amines) is 1. The molecule has 0 aliphatic carbocycles. The minimum atomic E-state index is 0.0685. The van der Waals surface area contributed by atoms with E-state index < -0.39 is 0 Å². The van der Waals surface area contributed by atoms with Crippen LogP contribution in [0.15, 0.2) is 6.07 Å². The van der Waals surface area contributed by atoms with E-state index in [1.807, 2.05) is 11.8 Å². The van der Waals surface area contributed by atoms with Gasteiger partial charge < -0.3 is 20.3 Å². The lowest BCUT2D eigenvalue weighted by Gasteiger charge is -2.31. The van der Waals surface area contributed by atoms with Gasteiger partial charge in [0.25, 0.3) is 0 Å². The molecule has 2 aliphatic rings. The van der Waals surface area contributed by atoms with Crippen molar-refractivity contribution in [3.63, 3.8) is 0 Å². The minimum Gasteiger partial charge on any atom is -0.384 e. The number of amides is 1. The van der Waals surface area contributed by atoms with Crippen LogP contribution in [-0.4, -0.2) is 70.9 Å². The van der Waals surface area contributed by atoms with Crippen molar-refractivity contribution in [2.75, 3.05) is 45.1 Å². The Balaban J connectivity index is 1.57. The molecule has 24 heavy (non-hydrogen) atoms. The van der Waals surface area contributed by atoms with Crippen molar-refractivity contribution in [3.05, 3.63) is 11.8 Å². The lowest BCUT2D eigenvalue weighted by molar-refractivity contribution is -0.133. The third-order valence-electron chi connectivity index (χ3n) is 4.83. The Morgan fingerprint density at radius 1 is 1.29 bits per heavy atom. The topological polar surface area (TPSA) is 76.6 Å². The van der Waals surface area contributed by atoms with E-state index >= 15 is 0 Å². The van der Waals surface area contributed by atoms with Gasteiger partial charge in [-0.3, -0.25) is 4.79 Å². The first-order valence-electron chi connectivity index (χ1n) is 9.03. The predicted octanol–water partition coefficient (Wildman–Crippen LogP) is 0.877. The second-order valence-corrected chi connectivity index (χ2v) is 6.92. The van der Waals surface area contributed by atoms with Crippen molar-refractivity contribution < 1.29 is 9.53 Å². The molecule has 1 unspecified atom stereocenters. The number of aryl methyl sites for hydroxylation is 1. The molecule has 1 aromatic rings. The lowest BCUT2D eigenvalue weighted by atomic mass is 10.1. The van der Waals surface area contributed by atoms with Gasteiger partial charge in [0, 0.05) is 32.3 Å². The molecule has 0 saturated carbocycles. The van der Waals surface area contributed by atoms with Gasteiger partial charge in [-0.25, -0.2) is 4.68 Å². The van der Waals surface area contributed by atoms with Crippen LogP contribution in [0.3, 0.4) is 0 Å². The Hall–Kier alpha value is -1.60.